The van der Waals surface area contributed by atoms with E-state index in [2.05, 4.69) is 26.3 Å². The number of hydrogen-bond acceptors (Lipinski definition) is 4. The van der Waals surface area contributed by atoms with E-state index in [1.165, 1.54) is 18.5 Å². The molecule has 0 bridgehead atoms. The highest BCUT2D eigenvalue weighted by atomic mass is 15.5. The van der Waals surface area contributed by atoms with Crippen LogP contribution in [0.15, 0.2) is 48.8 Å². The van der Waals surface area contributed by atoms with Crippen molar-refractivity contribution in [1.82, 2.24) is 29.7 Å². The van der Waals surface area contributed by atoms with E-state index in [1.807, 2.05) is 54.5 Å². The quantitative estimate of drug-likeness (QED) is 0.740. The smallest absolute Gasteiger partial charge is 0.0971 e. The molecule has 124 valence electrons. The lowest BCUT2D eigenvalue weighted by atomic mass is 9.93. The minimum absolute atomic E-state index is 0.619. The molecular formula is C18H22N6. The number of rotatable bonds is 4. The number of likely N-dealkylation sites (tertiary alicyclic amines) is 1. The fourth-order valence-electron chi connectivity index (χ4n) is 3.45. The molecule has 0 spiro atoms. The molecule has 0 aliphatic carbocycles. The summed E-state index contributed by atoms with van der Waals surface area (Å²) in [5, 5.41) is 13.3. The molecular weight excluding hydrogens is 300 g/mol. The summed E-state index contributed by atoms with van der Waals surface area (Å²) in [7, 11) is 2.03. The molecule has 1 aromatic carbocycles. The van der Waals surface area contributed by atoms with Crippen molar-refractivity contribution in [2.75, 3.05) is 13.1 Å². The van der Waals surface area contributed by atoms with E-state index >= 15 is 0 Å². The number of aryl methyl sites for hydroxylation is 1. The van der Waals surface area contributed by atoms with E-state index < -0.39 is 0 Å². The molecule has 24 heavy (non-hydrogen) atoms. The molecule has 3 aromatic rings. The highest BCUT2D eigenvalue weighted by Gasteiger charge is 2.23. The van der Waals surface area contributed by atoms with Crippen LogP contribution in [-0.2, 0) is 13.6 Å². The Labute approximate surface area is 141 Å². The molecule has 4 rings (SSSR count). The van der Waals surface area contributed by atoms with Crippen LogP contribution in [0.3, 0.4) is 0 Å². The van der Waals surface area contributed by atoms with Gasteiger partial charge in [-0.1, -0.05) is 18.2 Å². The van der Waals surface area contributed by atoms with E-state index in [9.17, 15) is 0 Å². The van der Waals surface area contributed by atoms with Crippen molar-refractivity contribution in [3.63, 3.8) is 0 Å². The fourth-order valence-corrected chi connectivity index (χ4v) is 3.45. The molecule has 1 fully saturated rings. The largest absolute Gasteiger partial charge is 0.297 e. The van der Waals surface area contributed by atoms with Gasteiger partial charge in [-0.2, -0.15) is 20.1 Å². The van der Waals surface area contributed by atoms with Crippen LogP contribution in [0.1, 0.15) is 30.1 Å². The van der Waals surface area contributed by atoms with Crippen LogP contribution in [0.25, 0.3) is 5.69 Å². The van der Waals surface area contributed by atoms with Gasteiger partial charge in [0, 0.05) is 31.4 Å². The van der Waals surface area contributed by atoms with Gasteiger partial charge < -0.3 is 0 Å². The first-order valence-corrected chi connectivity index (χ1v) is 8.46. The van der Waals surface area contributed by atoms with Crippen molar-refractivity contribution in [2.24, 2.45) is 7.05 Å². The van der Waals surface area contributed by atoms with Crippen molar-refractivity contribution in [3.05, 3.63) is 60.2 Å². The third-order valence-electron chi connectivity index (χ3n) is 4.78. The van der Waals surface area contributed by atoms with Crippen LogP contribution in [0.4, 0.5) is 0 Å². The molecule has 0 amide bonds. The lowest BCUT2D eigenvalue weighted by molar-refractivity contribution is 0.199. The van der Waals surface area contributed by atoms with E-state index in [1.54, 1.807) is 4.80 Å². The zero-order valence-electron chi connectivity index (χ0n) is 13.9. The van der Waals surface area contributed by atoms with Crippen LogP contribution in [0, 0.1) is 0 Å². The van der Waals surface area contributed by atoms with E-state index in [4.69, 9.17) is 0 Å². The van der Waals surface area contributed by atoms with Gasteiger partial charge in [0.1, 0.15) is 0 Å². The molecule has 0 saturated carbocycles. The van der Waals surface area contributed by atoms with Crippen molar-refractivity contribution >= 4 is 0 Å². The summed E-state index contributed by atoms with van der Waals surface area (Å²) in [6.45, 7) is 3.05. The maximum atomic E-state index is 4.61. The second-order valence-corrected chi connectivity index (χ2v) is 6.39. The summed E-state index contributed by atoms with van der Waals surface area (Å²) in [5.41, 5.74) is 3.38. The van der Waals surface area contributed by atoms with E-state index in [-0.39, 0.29) is 0 Å². The van der Waals surface area contributed by atoms with Crippen LogP contribution < -0.4 is 0 Å². The summed E-state index contributed by atoms with van der Waals surface area (Å²) < 4.78 is 2.01. The first-order valence-electron chi connectivity index (χ1n) is 8.46. The second-order valence-electron chi connectivity index (χ2n) is 6.39. The van der Waals surface area contributed by atoms with Gasteiger partial charge in [0.25, 0.3) is 0 Å². The van der Waals surface area contributed by atoms with E-state index in [0.29, 0.717) is 5.92 Å². The molecule has 0 radical (unpaired) electrons. The molecule has 6 nitrogen and oxygen atoms in total. The summed E-state index contributed by atoms with van der Waals surface area (Å²) in [6.07, 6.45) is 6.11. The lowest BCUT2D eigenvalue weighted by Crippen LogP contribution is -2.33. The van der Waals surface area contributed by atoms with Gasteiger partial charge in [0.05, 0.1) is 17.6 Å². The zero-order valence-corrected chi connectivity index (χ0v) is 13.9. The Kier molecular flexibility index (Phi) is 4.13. The van der Waals surface area contributed by atoms with Crippen LogP contribution >= 0.6 is 0 Å². The highest BCUT2D eigenvalue weighted by molar-refractivity contribution is 5.28. The summed E-state index contributed by atoms with van der Waals surface area (Å²) >= 11 is 0. The lowest BCUT2D eigenvalue weighted by Gasteiger charge is -2.31. The van der Waals surface area contributed by atoms with Gasteiger partial charge in [-0.05, 0) is 44.1 Å². The summed E-state index contributed by atoms with van der Waals surface area (Å²) in [4.78, 5) is 4.17. The summed E-state index contributed by atoms with van der Waals surface area (Å²) in [6, 6.07) is 12.2. The van der Waals surface area contributed by atoms with Crippen LogP contribution in [-0.4, -0.2) is 42.8 Å². The third-order valence-corrected chi connectivity index (χ3v) is 4.78. The topological polar surface area (TPSA) is 51.8 Å². The minimum Gasteiger partial charge on any atom is -0.297 e. The average molecular weight is 322 g/mol. The Balaban J connectivity index is 1.36. The number of aromatic nitrogens is 5. The Morgan fingerprint density at radius 1 is 1.04 bits per heavy atom. The number of piperidine rings is 1. The molecule has 1 saturated heterocycles. The monoisotopic (exact) mass is 322 g/mol. The molecule has 6 heteroatoms. The van der Waals surface area contributed by atoms with Crippen LogP contribution in [0.2, 0.25) is 0 Å². The zero-order chi connectivity index (χ0) is 16.4. The molecule has 3 heterocycles. The Hall–Kier alpha value is -2.47. The molecule has 0 N–H and O–H groups in total. The van der Waals surface area contributed by atoms with Crippen molar-refractivity contribution < 1.29 is 0 Å². The molecule has 0 atom stereocenters. The van der Waals surface area contributed by atoms with Gasteiger partial charge in [-0.15, -0.1) is 0 Å². The number of nitrogens with zero attached hydrogens (tertiary/aromatic N) is 6. The Bertz CT molecular complexity index is 783. The SMILES string of the molecule is Cn1nccc1C1CCN(Cc2cnn(-c3ccccc3)n2)CC1. The van der Waals surface area contributed by atoms with Crippen LogP contribution in [0.5, 0.6) is 0 Å². The van der Waals surface area contributed by atoms with Gasteiger partial charge in [0.2, 0.25) is 0 Å². The highest BCUT2D eigenvalue weighted by Crippen LogP contribution is 2.27. The first-order chi connectivity index (χ1) is 11.8. The van der Waals surface area contributed by atoms with Gasteiger partial charge in [-0.25, -0.2) is 0 Å². The molecule has 1 aliphatic heterocycles. The van der Waals surface area contributed by atoms with Gasteiger partial charge in [0.15, 0.2) is 0 Å². The number of para-hydroxylation sites is 1. The van der Waals surface area contributed by atoms with Gasteiger partial charge >= 0.3 is 0 Å². The molecule has 1 aliphatic rings. The maximum absolute atomic E-state index is 4.61. The minimum atomic E-state index is 0.619. The molecule has 0 unspecified atom stereocenters. The first kappa shape index (κ1) is 15.1. The number of benzene rings is 1. The third kappa shape index (κ3) is 3.10. The Morgan fingerprint density at radius 2 is 1.83 bits per heavy atom. The predicted molar refractivity (Wildman–Crippen MR) is 91.8 cm³/mol. The maximum Gasteiger partial charge on any atom is 0.0971 e. The average Bonchev–Trinajstić information content (AvgIpc) is 3.26. The molecule has 2 aromatic heterocycles. The van der Waals surface area contributed by atoms with Crippen molar-refractivity contribution in [1.29, 1.82) is 0 Å². The fraction of sp³-hybridized carbons (Fsp3) is 0.389. The summed E-state index contributed by atoms with van der Waals surface area (Å²) in [5.74, 6) is 0.619. The Morgan fingerprint density at radius 3 is 2.54 bits per heavy atom. The number of hydrogen-bond donors (Lipinski definition) is 0. The van der Waals surface area contributed by atoms with Crippen molar-refractivity contribution in [2.45, 2.75) is 25.3 Å². The van der Waals surface area contributed by atoms with Gasteiger partial charge in [-0.3, -0.25) is 9.58 Å². The van der Waals surface area contributed by atoms with Crippen molar-refractivity contribution in [3.8, 4) is 5.69 Å². The van der Waals surface area contributed by atoms with E-state index in [0.717, 1.165) is 31.0 Å². The standard InChI is InChI=1S/C18H22N6/c1-22-18(7-10-19-22)15-8-11-23(12-9-15)14-16-13-20-24(21-16)17-5-3-2-4-6-17/h2-7,10,13,15H,8-9,11-12,14H2,1H3. The second kappa shape index (κ2) is 6.57. The normalized spacial score (nSPS) is 16.5. The predicted octanol–water partition coefficient (Wildman–Crippen LogP) is 2.38.